The molecule has 4 heteroatoms. The first-order valence-corrected chi connectivity index (χ1v) is 7.15. The Kier molecular flexibility index (Phi) is 4.86. The van der Waals surface area contributed by atoms with E-state index in [1.54, 1.807) is 19.1 Å². The average molecular weight is 304 g/mol. The Bertz CT molecular complexity index is 655. The lowest BCUT2D eigenvalue weighted by Gasteiger charge is -2.17. The zero-order valence-electron chi connectivity index (χ0n) is 12.3. The highest BCUT2D eigenvalue weighted by atomic mass is 35.5. The zero-order valence-corrected chi connectivity index (χ0v) is 13.1. The van der Waals surface area contributed by atoms with Gasteiger partial charge in [0.1, 0.15) is 5.75 Å². The van der Waals surface area contributed by atoms with Crippen LogP contribution in [0.3, 0.4) is 0 Å². The first-order valence-electron chi connectivity index (χ1n) is 6.77. The second kappa shape index (κ2) is 6.64. The van der Waals surface area contributed by atoms with Crippen LogP contribution in [0.25, 0.3) is 0 Å². The van der Waals surface area contributed by atoms with Gasteiger partial charge in [0.25, 0.3) is 5.91 Å². The molecule has 2 rings (SSSR count). The average Bonchev–Trinajstić information content (AvgIpc) is 2.46. The highest BCUT2D eigenvalue weighted by Gasteiger charge is 2.17. The monoisotopic (exact) mass is 303 g/mol. The number of nitrogens with one attached hydrogen (secondary N) is 1. The topological polar surface area (TPSA) is 38.3 Å². The smallest absolute Gasteiger partial charge is 0.265 e. The largest absolute Gasteiger partial charge is 0.481 e. The summed E-state index contributed by atoms with van der Waals surface area (Å²) in [6.07, 6.45) is -0.609. The van der Waals surface area contributed by atoms with E-state index in [-0.39, 0.29) is 5.91 Å². The number of carbonyl (C=O) groups is 1. The number of amides is 1. The van der Waals surface area contributed by atoms with Crippen LogP contribution in [0, 0.1) is 13.8 Å². The molecule has 1 atom stereocenters. The van der Waals surface area contributed by atoms with Crippen molar-refractivity contribution in [2.24, 2.45) is 0 Å². The molecule has 1 N–H and O–H groups in total. The molecule has 110 valence electrons. The van der Waals surface area contributed by atoms with Crippen LogP contribution in [0.4, 0.5) is 5.69 Å². The minimum absolute atomic E-state index is 0.232. The second-order valence-electron chi connectivity index (χ2n) is 4.93. The van der Waals surface area contributed by atoms with Crippen molar-refractivity contribution in [3.8, 4) is 5.75 Å². The fourth-order valence-corrected chi connectivity index (χ4v) is 2.08. The Morgan fingerprint density at radius 3 is 2.57 bits per heavy atom. The van der Waals surface area contributed by atoms with E-state index in [1.807, 2.05) is 44.2 Å². The van der Waals surface area contributed by atoms with E-state index in [1.165, 1.54) is 0 Å². The van der Waals surface area contributed by atoms with E-state index in [0.29, 0.717) is 10.7 Å². The molecule has 0 aliphatic carbocycles. The van der Waals surface area contributed by atoms with Crippen LogP contribution in [-0.4, -0.2) is 12.0 Å². The summed E-state index contributed by atoms with van der Waals surface area (Å²) in [5, 5.41) is 3.27. The maximum Gasteiger partial charge on any atom is 0.265 e. The van der Waals surface area contributed by atoms with Gasteiger partial charge < -0.3 is 10.1 Å². The molecule has 0 spiro atoms. The SMILES string of the molecule is Cc1cccc(O[C@@H](C)C(=O)Nc2ccccc2Cl)c1C. The summed E-state index contributed by atoms with van der Waals surface area (Å²) in [6.45, 7) is 5.70. The van der Waals surface area contributed by atoms with E-state index < -0.39 is 6.10 Å². The molecule has 0 radical (unpaired) electrons. The Balaban J connectivity index is 2.06. The summed E-state index contributed by atoms with van der Waals surface area (Å²) >= 11 is 6.02. The minimum Gasteiger partial charge on any atom is -0.481 e. The maximum atomic E-state index is 12.2. The molecule has 0 unspecified atom stereocenters. The highest BCUT2D eigenvalue weighted by Crippen LogP contribution is 2.23. The van der Waals surface area contributed by atoms with Crippen molar-refractivity contribution in [3.05, 3.63) is 58.6 Å². The molecular weight excluding hydrogens is 286 g/mol. The lowest BCUT2D eigenvalue weighted by atomic mass is 10.1. The predicted octanol–water partition coefficient (Wildman–Crippen LogP) is 4.36. The molecule has 3 nitrogen and oxygen atoms in total. The van der Waals surface area contributed by atoms with Gasteiger partial charge in [0.05, 0.1) is 10.7 Å². The van der Waals surface area contributed by atoms with E-state index in [2.05, 4.69) is 5.32 Å². The standard InChI is InChI=1S/C17H18ClNO2/c1-11-7-6-10-16(12(11)2)21-13(3)17(20)19-15-9-5-4-8-14(15)18/h4-10,13H,1-3H3,(H,19,20)/t13-/m0/s1. The van der Waals surface area contributed by atoms with E-state index in [4.69, 9.17) is 16.3 Å². The lowest BCUT2D eigenvalue weighted by Crippen LogP contribution is -2.30. The number of aryl methyl sites for hydroxylation is 1. The van der Waals surface area contributed by atoms with Crippen molar-refractivity contribution in [1.82, 2.24) is 0 Å². The van der Waals surface area contributed by atoms with Crippen molar-refractivity contribution in [2.45, 2.75) is 26.9 Å². The summed E-state index contributed by atoms with van der Waals surface area (Å²) in [6, 6.07) is 12.9. The van der Waals surface area contributed by atoms with Crippen molar-refractivity contribution < 1.29 is 9.53 Å². The first-order chi connectivity index (χ1) is 9.99. The summed E-state index contributed by atoms with van der Waals surface area (Å²) in [7, 11) is 0. The molecule has 21 heavy (non-hydrogen) atoms. The van der Waals surface area contributed by atoms with Crippen molar-refractivity contribution in [2.75, 3.05) is 5.32 Å². The zero-order chi connectivity index (χ0) is 15.4. The van der Waals surface area contributed by atoms with Gasteiger partial charge in [-0.15, -0.1) is 0 Å². The van der Waals surface area contributed by atoms with Gasteiger partial charge >= 0.3 is 0 Å². The lowest BCUT2D eigenvalue weighted by molar-refractivity contribution is -0.122. The maximum absolute atomic E-state index is 12.2. The third-order valence-corrected chi connectivity index (χ3v) is 3.69. The molecule has 0 heterocycles. The number of rotatable bonds is 4. The Morgan fingerprint density at radius 2 is 1.86 bits per heavy atom. The Labute approximate surface area is 129 Å². The van der Waals surface area contributed by atoms with Crippen molar-refractivity contribution in [3.63, 3.8) is 0 Å². The molecule has 2 aromatic rings. The first kappa shape index (κ1) is 15.4. The summed E-state index contributed by atoms with van der Waals surface area (Å²) in [4.78, 5) is 12.2. The van der Waals surface area contributed by atoms with Gasteiger partial charge in [0.2, 0.25) is 0 Å². The van der Waals surface area contributed by atoms with Crippen molar-refractivity contribution in [1.29, 1.82) is 0 Å². The Hall–Kier alpha value is -2.00. The van der Waals surface area contributed by atoms with Crippen LogP contribution in [0.15, 0.2) is 42.5 Å². The molecule has 0 bridgehead atoms. The third-order valence-electron chi connectivity index (χ3n) is 3.36. The molecule has 0 aliphatic rings. The van der Waals surface area contributed by atoms with Gasteiger partial charge in [-0.25, -0.2) is 0 Å². The number of carbonyl (C=O) groups excluding carboxylic acids is 1. The van der Waals surface area contributed by atoms with Crippen LogP contribution >= 0.6 is 11.6 Å². The molecule has 1 amide bonds. The summed E-state index contributed by atoms with van der Waals surface area (Å²) in [5.41, 5.74) is 2.75. The number of anilines is 1. The summed E-state index contributed by atoms with van der Waals surface area (Å²) in [5.74, 6) is 0.487. The number of halogens is 1. The van der Waals surface area contributed by atoms with Crippen LogP contribution in [0.2, 0.25) is 5.02 Å². The fraction of sp³-hybridized carbons (Fsp3) is 0.235. The van der Waals surface area contributed by atoms with Gasteiger partial charge in [-0.2, -0.15) is 0 Å². The second-order valence-corrected chi connectivity index (χ2v) is 5.33. The quantitative estimate of drug-likeness (QED) is 0.911. The van der Waals surface area contributed by atoms with Gasteiger partial charge in [0, 0.05) is 0 Å². The van der Waals surface area contributed by atoms with Crippen LogP contribution in [-0.2, 0) is 4.79 Å². The normalized spacial score (nSPS) is 11.8. The third kappa shape index (κ3) is 3.76. The van der Waals surface area contributed by atoms with E-state index >= 15 is 0 Å². The number of ether oxygens (including phenoxy) is 1. The van der Waals surface area contributed by atoms with Crippen LogP contribution < -0.4 is 10.1 Å². The van der Waals surface area contributed by atoms with Crippen molar-refractivity contribution >= 4 is 23.2 Å². The molecule has 2 aromatic carbocycles. The number of hydrogen-bond acceptors (Lipinski definition) is 2. The number of para-hydroxylation sites is 1. The van der Waals surface area contributed by atoms with Crippen LogP contribution in [0.1, 0.15) is 18.1 Å². The van der Waals surface area contributed by atoms with Gasteiger partial charge in [-0.3, -0.25) is 4.79 Å². The molecule has 0 aliphatic heterocycles. The molecule has 0 saturated carbocycles. The van der Waals surface area contributed by atoms with Gasteiger partial charge in [0.15, 0.2) is 6.10 Å². The Morgan fingerprint density at radius 1 is 1.14 bits per heavy atom. The van der Waals surface area contributed by atoms with E-state index in [9.17, 15) is 4.79 Å². The molecule has 0 aromatic heterocycles. The molecule has 0 saturated heterocycles. The molecule has 0 fully saturated rings. The van der Waals surface area contributed by atoms with Gasteiger partial charge in [-0.1, -0.05) is 35.9 Å². The van der Waals surface area contributed by atoms with E-state index in [0.717, 1.165) is 16.9 Å². The number of hydrogen-bond donors (Lipinski definition) is 1. The molecular formula is C17H18ClNO2. The fourth-order valence-electron chi connectivity index (χ4n) is 1.89. The van der Waals surface area contributed by atoms with Crippen LogP contribution in [0.5, 0.6) is 5.75 Å². The highest BCUT2D eigenvalue weighted by molar-refractivity contribution is 6.33. The minimum atomic E-state index is -0.609. The van der Waals surface area contributed by atoms with Gasteiger partial charge in [-0.05, 0) is 50.1 Å². The number of benzene rings is 2. The summed E-state index contributed by atoms with van der Waals surface area (Å²) < 4.78 is 5.74. The predicted molar refractivity (Wildman–Crippen MR) is 86.1 cm³/mol.